The molecule has 0 amide bonds. The number of anilines is 1. The van der Waals surface area contributed by atoms with Gasteiger partial charge in [0.25, 0.3) is 0 Å². The van der Waals surface area contributed by atoms with Gasteiger partial charge in [0.1, 0.15) is 11.5 Å². The Morgan fingerprint density at radius 2 is 2.13 bits per heavy atom. The topological polar surface area (TPSA) is 44.0 Å². The number of fused-ring (bicyclic) bond motifs is 1. The van der Waals surface area contributed by atoms with E-state index in [4.69, 9.17) is 0 Å². The van der Waals surface area contributed by atoms with Crippen LogP contribution in [0.1, 0.15) is 0 Å². The predicted octanol–water partition coefficient (Wildman–Crippen LogP) is 0.972. The number of nitrogens with zero attached hydrogens (tertiary/aromatic N) is 2. The van der Waals surface area contributed by atoms with Gasteiger partial charge < -0.3 is 15.2 Å². The monoisotopic (exact) mass is 202 g/mol. The summed E-state index contributed by atoms with van der Waals surface area (Å²) in [5, 5.41) is 4.53. The van der Waals surface area contributed by atoms with Gasteiger partial charge in [-0.1, -0.05) is 0 Å². The standard InChI is InChI=1S/C11H14N4/c1-2-9-8-10(14-11(9)13-3-1)15-6-4-12-5-7-15/h1-3,8,12H,4-7H2,(H,13,14). The maximum absolute atomic E-state index is 4.30. The SMILES string of the molecule is c1cnc2[nH]c(N3CCNCC3)cc2c1. The molecule has 2 N–H and O–H groups in total. The number of hydrogen-bond acceptors (Lipinski definition) is 3. The van der Waals surface area contributed by atoms with Crippen LogP contribution in [0.3, 0.4) is 0 Å². The smallest absolute Gasteiger partial charge is 0.138 e. The second-order valence-corrected chi connectivity index (χ2v) is 3.83. The number of aromatic nitrogens is 2. The molecule has 0 saturated carbocycles. The molecule has 15 heavy (non-hydrogen) atoms. The lowest BCUT2D eigenvalue weighted by Crippen LogP contribution is -2.43. The summed E-state index contributed by atoms with van der Waals surface area (Å²) in [5.41, 5.74) is 0.978. The molecule has 1 aliphatic heterocycles. The minimum Gasteiger partial charge on any atom is -0.356 e. The first-order chi connectivity index (χ1) is 7.43. The number of hydrogen-bond donors (Lipinski definition) is 2. The summed E-state index contributed by atoms with van der Waals surface area (Å²) >= 11 is 0. The van der Waals surface area contributed by atoms with Gasteiger partial charge in [-0.15, -0.1) is 0 Å². The first-order valence-corrected chi connectivity index (χ1v) is 5.33. The maximum atomic E-state index is 4.30. The van der Waals surface area contributed by atoms with Crippen LogP contribution in [0.4, 0.5) is 5.82 Å². The average molecular weight is 202 g/mol. The lowest BCUT2D eigenvalue weighted by atomic mass is 10.3. The first kappa shape index (κ1) is 8.73. The minimum absolute atomic E-state index is 0.978. The molecule has 1 aliphatic rings. The average Bonchev–Trinajstić information content (AvgIpc) is 2.74. The third-order valence-electron chi connectivity index (χ3n) is 2.84. The van der Waals surface area contributed by atoms with E-state index in [1.165, 1.54) is 11.2 Å². The van der Waals surface area contributed by atoms with Crippen molar-refractivity contribution < 1.29 is 0 Å². The molecule has 0 aliphatic carbocycles. The molecule has 0 radical (unpaired) electrons. The van der Waals surface area contributed by atoms with Crippen LogP contribution in [-0.4, -0.2) is 36.1 Å². The Bertz CT molecular complexity index is 423. The van der Waals surface area contributed by atoms with Crippen molar-refractivity contribution in [1.29, 1.82) is 0 Å². The molecule has 0 atom stereocenters. The summed E-state index contributed by atoms with van der Waals surface area (Å²) in [7, 11) is 0. The van der Waals surface area contributed by atoms with Gasteiger partial charge in [0.2, 0.25) is 0 Å². The summed E-state index contributed by atoms with van der Waals surface area (Å²) in [6.07, 6.45) is 1.82. The molecular weight excluding hydrogens is 188 g/mol. The van der Waals surface area contributed by atoms with Crippen LogP contribution in [0, 0.1) is 0 Å². The summed E-state index contributed by atoms with van der Waals surface area (Å²) in [4.78, 5) is 10.0. The molecule has 3 rings (SSSR count). The molecule has 2 aromatic heterocycles. The van der Waals surface area contributed by atoms with Crippen LogP contribution in [0.5, 0.6) is 0 Å². The first-order valence-electron chi connectivity index (χ1n) is 5.33. The molecule has 2 aromatic rings. The summed E-state index contributed by atoms with van der Waals surface area (Å²) in [6.45, 7) is 4.24. The second-order valence-electron chi connectivity index (χ2n) is 3.83. The van der Waals surface area contributed by atoms with Gasteiger partial charge in [-0.2, -0.15) is 0 Å². The quantitative estimate of drug-likeness (QED) is 0.724. The van der Waals surface area contributed by atoms with E-state index < -0.39 is 0 Å². The van der Waals surface area contributed by atoms with Crippen LogP contribution in [-0.2, 0) is 0 Å². The maximum Gasteiger partial charge on any atom is 0.138 e. The van der Waals surface area contributed by atoms with E-state index in [1.54, 1.807) is 0 Å². The van der Waals surface area contributed by atoms with Gasteiger partial charge in [0.15, 0.2) is 0 Å². The van der Waals surface area contributed by atoms with Crippen molar-refractivity contribution in [2.75, 3.05) is 31.1 Å². The zero-order valence-corrected chi connectivity index (χ0v) is 8.53. The Morgan fingerprint density at radius 1 is 1.27 bits per heavy atom. The molecule has 4 heteroatoms. The van der Waals surface area contributed by atoms with Crippen molar-refractivity contribution >= 4 is 16.9 Å². The Morgan fingerprint density at radius 3 is 2.93 bits per heavy atom. The number of aromatic amines is 1. The molecule has 3 heterocycles. The van der Waals surface area contributed by atoms with Crippen LogP contribution in [0.15, 0.2) is 24.4 Å². The minimum atomic E-state index is 0.978. The van der Waals surface area contributed by atoms with Gasteiger partial charge in [-0.3, -0.25) is 0 Å². The van der Waals surface area contributed by atoms with E-state index in [2.05, 4.69) is 32.3 Å². The molecule has 1 fully saturated rings. The van der Waals surface area contributed by atoms with Crippen LogP contribution >= 0.6 is 0 Å². The molecule has 1 saturated heterocycles. The number of rotatable bonds is 1. The lowest BCUT2D eigenvalue weighted by Gasteiger charge is -2.27. The summed E-state index contributed by atoms with van der Waals surface area (Å²) in [5.74, 6) is 1.19. The number of pyridine rings is 1. The fourth-order valence-corrected chi connectivity index (χ4v) is 2.02. The number of nitrogens with one attached hydrogen (secondary N) is 2. The number of H-pyrrole nitrogens is 1. The Kier molecular flexibility index (Phi) is 2.07. The van der Waals surface area contributed by atoms with Gasteiger partial charge in [-0.25, -0.2) is 4.98 Å². The molecular formula is C11H14N4. The van der Waals surface area contributed by atoms with Gasteiger partial charge >= 0.3 is 0 Å². The normalized spacial score (nSPS) is 17.2. The van der Waals surface area contributed by atoms with E-state index in [9.17, 15) is 0 Å². The van der Waals surface area contributed by atoms with Crippen molar-refractivity contribution in [3.63, 3.8) is 0 Å². The molecule has 0 unspecified atom stereocenters. The largest absolute Gasteiger partial charge is 0.356 e. The zero-order valence-electron chi connectivity index (χ0n) is 8.53. The Labute approximate surface area is 88.3 Å². The Hall–Kier alpha value is -1.55. The third-order valence-corrected chi connectivity index (χ3v) is 2.84. The van der Waals surface area contributed by atoms with Crippen molar-refractivity contribution in [3.05, 3.63) is 24.4 Å². The van der Waals surface area contributed by atoms with Crippen LogP contribution in [0.2, 0.25) is 0 Å². The van der Waals surface area contributed by atoms with Gasteiger partial charge in [0.05, 0.1) is 0 Å². The van der Waals surface area contributed by atoms with Crippen molar-refractivity contribution in [2.45, 2.75) is 0 Å². The van der Waals surface area contributed by atoms with Crippen LogP contribution < -0.4 is 10.2 Å². The predicted molar refractivity (Wildman–Crippen MR) is 61.2 cm³/mol. The zero-order chi connectivity index (χ0) is 10.1. The lowest BCUT2D eigenvalue weighted by molar-refractivity contribution is 0.586. The van der Waals surface area contributed by atoms with E-state index in [0.717, 1.165) is 31.8 Å². The molecule has 0 bridgehead atoms. The highest BCUT2D eigenvalue weighted by atomic mass is 15.2. The highest BCUT2D eigenvalue weighted by Crippen LogP contribution is 2.19. The second kappa shape index (κ2) is 3.55. The molecule has 0 aromatic carbocycles. The summed E-state index contributed by atoms with van der Waals surface area (Å²) in [6, 6.07) is 6.23. The van der Waals surface area contributed by atoms with E-state index in [-0.39, 0.29) is 0 Å². The Balaban J connectivity index is 1.96. The van der Waals surface area contributed by atoms with Crippen molar-refractivity contribution in [1.82, 2.24) is 15.3 Å². The van der Waals surface area contributed by atoms with E-state index in [1.807, 2.05) is 12.3 Å². The van der Waals surface area contributed by atoms with E-state index in [0.29, 0.717) is 0 Å². The third kappa shape index (κ3) is 1.57. The molecule has 4 nitrogen and oxygen atoms in total. The van der Waals surface area contributed by atoms with Crippen molar-refractivity contribution in [3.8, 4) is 0 Å². The van der Waals surface area contributed by atoms with Gasteiger partial charge in [0, 0.05) is 37.8 Å². The number of piperazine rings is 1. The van der Waals surface area contributed by atoms with E-state index >= 15 is 0 Å². The fraction of sp³-hybridized carbons (Fsp3) is 0.364. The van der Waals surface area contributed by atoms with Crippen LogP contribution in [0.25, 0.3) is 11.0 Å². The highest BCUT2D eigenvalue weighted by Gasteiger charge is 2.12. The van der Waals surface area contributed by atoms with Gasteiger partial charge in [-0.05, 0) is 18.2 Å². The molecule has 0 spiro atoms. The highest BCUT2D eigenvalue weighted by molar-refractivity contribution is 5.80. The fourth-order valence-electron chi connectivity index (χ4n) is 2.02. The summed E-state index contributed by atoms with van der Waals surface area (Å²) < 4.78 is 0. The van der Waals surface area contributed by atoms with Crippen molar-refractivity contribution in [2.24, 2.45) is 0 Å². The molecule has 78 valence electrons.